The lowest BCUT2D eigenvalue weighted by molar-refractivity contribution is -0.137. The molecule has 2 heterocycles. The second kappa shape index (κ2) is 7.02. The van der Waals surface area contributed by atoms with Crippen molar-refractivity contribution in [1.29, 1.82) is 0 Å². The number of hydrogen-bond donors (Lipinski definition) is 1. The number of benzene rings is 1. The highest BCUT2D eigenvalue weighted by atomic mass is 35.5. The van der Waals surface area contributed by atoms with E-state index < -0.39 is 0 Å². The largest absolute Gasteiger partial charge is 0.484 e. The summed E-state index contributed by atoms with van der Waals surface area (Å²) < 4.78 is 7.39. The Balaban J connectivity index is 1.69. The van der Waals surface area contributed by atoms with Crippen molar-refractivity contribution in [3.63, 3.8) is 0 Å². The molecule has 1 aromatic carbocycles. The topological polar surface area (TPSA) is 67.6 Å². The Morgan fingerprint density at radius 3 is 3.09 bits per heavy atom. The van der Waals surface area contributed by atoms with Crippen molar-refractivity contribution in [3.8, 4) is 5.75 Å². The monoisotopic (exact) mass is 335 g/mol. The van der Waals surface area contributed by atoms with E-state index in [1.165, 1.54) is 0 Å². The molecule has 0 saturated carbocycles. The molecule has 1 aliphatic rings. The number of carbonyl (C=O) groups is 1. The Morgan fingerprint density at radius 2 is 2.30 bits per heavy atom. The Labute approximate surface area is 139 Å². The zero-order chi connectivity index (χ0) is 16.2. The number of carbonyl (C=O) groups excluding carboxylic acids is 1. The fraction of sp³-hybridized carbons (Fsp3) is 0.375. The van der Waals surface area contributed by atoms with Crippen LogP contribution in [-0.4, -0.2) is 44.9 Å². The van der Waals surface area contributed by atoms with Gasteiger partial charge in [0, 0.05) is 17.8 Å². The summed E-state index contributed by atoms with van der Waals surface area (Å²) >= 11 is 5.90. The highest BCUT2D eigenvalue weighted by molar-refractivity contribution is 6.30. The Morgan fingerprint density at radius 1 is 1.43 bits per heavy atom. The molecule has 2 aromatic rings. The van der Waals surface area contributed by atoms with Crippen molar-refractivity contribution in [2.75, 3.05) is 13.2 Å². The maximum Gasteiger partial charge on any atom is 0.261 e. The predicted octanol–water partition coefficient (Wildman–Crippen LogP) is 1.71. The molecule has 0 spiro atoms. The summed E-state index contributed by atoms with van der Waals surface area (Å²) in [5, 5.41) is 14.4. The average molecular weight is 336 g/mol. The molecule has 0 radical (unpaired) electrons. The molecular weight excluding hydrogens is 318 g/mol. The van der Waals surface area contributed by atoms with Crippen LogP contribution in [0.1, 0.15) is 12.1 Å². The number of hydrogen-bond acceptors (Lipinski definition) is 4. The summed E-state index contributed by atoms with van der Waals surface area (Å²) in [7, 11) is 0. The van der Waals surface area contributed by atoms with Gasteiger partial charge < -0.3 is 14.7 Å². The summed E-state index contributed by atoms with van der Waals surface area (Å²) in [5.74, 6) is 0.380. The van der Waals surface area contributed by atoms with E-state index in [1.807, 2.05) is 10.7 Å². The minimum atomic E-state index is -0.229. The van der Waals surface area contributed by atoms with Gasteiger partial charge in [-0.2, -0.15) is 5.10 Å². The number of aromatic nitrogens is 2. The fourth-order valence-electron chi connectivity index (χ4n) is 2.69. The number of aryl methyl sites for hydroxylation is 1. The van der Waals surface area contributed by atoms with Crippen LogP contribution in [0.4, 0.5) is 0 Å². The van der Waals surface area contributed by atoms with Crippen LogP contribution in [0.2, 0.25) is 5.02 Å². The van der Waals surface area contributed by atoms with E-state index in [-0.39, 0.29) is 25.2 Å². The number of ether oxygens (including phenoxy) is 1. The summed E-state index contributed by atoms with van der Waals surface area (Å²) in [6, 6.07) is 8.58. The Kier molecular flexibility index (Phi) is 4.83. The molecule has 0 unspecified atom stereocenters. The van der Waals surface area contributed by atoms with Gasteiger partial charge in [0.25, 0.3) is 5.91 Å². The molecule has 0 aliphatic carbocycles. The molecule has 0 fully saturated rings. The van der Waals surface area contributed by atoms with Gasteiger partial charge in [-0.05, 0) is 30.7 Å². The summed E-state index contributed by atoms with van der Waals surface area (Å²) in [6.45, 7) is 0.939. The van der Waals surface area contributed by atoms with E-state index in [0.717, 1.165) is 5.69 Å². The number of amides is 1. The third-order valence-corrected chi connectivity index (χ3v) is 4.18. The van der Waals surface area contributed by atoms with Crippen LogP contribution in [0.5, 0.6) is 5.75 Å². The Bertz CT molecular complexity index is 689. The minimum Gasteiger partial charge on any atom is -0.484 e. The van der Waals surface area contributed by atoms with Crippen LogP contribution in [-0.2, 0) is 17.9 Å². The molecule has 1 aliphatic heterocycles. The van der Waals surface area contributed by atoms with Crippen LogP contribution in [0.3, 0.4) is 0 Å². The molecule has 122 valence electrons. The summed E-state index contributed by atoms with van der Waals surface area (Å²) in [6.07, 6.45) is 2.38. The van der Waals surface area contributed by atoms with E-state index in [2.05, 4.69) is 5.10 Å². The quantitative estimate of drug-likeness (QED) is 0.923. The van der Waals surface area contributed by atoms with E-state index >= 15 is 0 Å². The molecule has 1 N–H and O–H groups in total. The second-order valence-corrected chi connectivity index (χ2v) is 5.87. The first-order valence-corrected chi connectivity index (χ1v) is 7.84. The zero-order valence-corrected chi connectivity index (χ0v) is 13.3. The summed E-state index contributed by atoms with van der Waals surface area (Å²) in [5.41, 5.74) is 0.956. The lowest BCUT2D eigenvalue weighted by Gasteiger charge is -2.28. The van der Waals surface area contributed by atoms with Crippen LogP contribution < -0.4 is 4.74 Å². The average Bonchev–Trinajstić information content (AvgIpc) is 2.92. The lowest BCUT2D eigenvalue weighted by Crippen LogP contribution is -2.43. The minimum absolute atomic E-state index is 0.0757. The molecule has 6 nitrogen and oxygen atoms in total. The first-order chi connectivity index (χ1) is 11.2. The Hall–Kier alpha value is -2.05. The van der Waals surface area contributed by atoms with Gasteiger partial charge in [0.15, 0.2) is 6.61 Å². The van der Waals surface area contributed by atoms with Crippen LogP contribution in [0.15, 0.2) is 36.5 Å². The molecule has 0 bridgehead atoms. The van der Waals surface area contributed by atoms with E-state index in [9.17, 15) is 9.90 Å². The molecule has 1 amide bonds. The SMILES string of the molecule is O=C(COc1cccc(Cl)c1)N1Cc2ccnn2CC[C@@H]1CO. The normalized spacial score (nSPS) is 17.5. The first kappa shape index (κ1) is 15.8. The van der Waals surface area contributed by atoms with Gasteiger partial charge in [0.05, 0.1) is 24.9 Å². The predicted molar refractivity (Wildman–Crippen MR) is 85.2 cm³/mol. The third-order valence-electron chi connectivity index (χ3n) is 3.94. The van der Waals surface area contributed by atoms with Crippen molar-refractivity contribution in [2.24, 2.45) is 0 Å². The number of aliphatic hydroxyl groups excluding tert-OH is 1. The maximum absolute atomic E-state index is 12.5. The lowest BCUT2D eigenvalue weighted by atomic mass is 10.2. The van der Waals surface area contributed by atoms with Crippen molar-refractivity contribution < 1.29 is 14.6 Å². The molecule has 0 saturated heterocycles. The first-order valence-electron chi connectivity index (χ1n) is 7.47. The number of nitrogens with zero attached hydrogens (tertiary/aromatic N) is 3. The smallest absolute Gasteiger partial charge is 0.261 e. The van der Waals surface area contributed by atoms with Gasteiger partial charge >= 0.3 is 0 Å². The standard InChI is InChI=1S/C16H18ClN3O3/c17-12-2-1-3-15(8-12)23-11-16(22)19-9-13-4-6-18-20(13)7-5-14(19)10-21/h1-4,6,8,14,21H,5,7,9-11H2/t14-/m1/s1. The number of rotatable bonds is 4. The maximum atomic E-state index is 12.5. The van der Waals surface area contributed by atoms with Crippen LogP contribution in [0.25, 0.3) is 0 Å². The van der Waals surface area contributed by atoms with Crippen LogP contribution >= 0.6 is 11.6 Å². The fourth-order valence-corrected chi connectivity index (χ4v) is 2.87. The van der Waals surface area contributed by atoms with Crippen molar-refractivity contribution >= 4 is 17.5 Å². The van der Waals surface area contributed by atoms with Crippen molar-refractivity contribution in [1.82, 2.24) is 14.7 Å². The molecule has 1 atom stereocenters. The number of fused-ring (bicyclic) bond motifs is 1. The highest BCUT2D eigenvalue weighted by Gasteiger charge is 2.27. The van der Waals surface area contributed by atoms with Gasteiger partial charge in [-0.15, -0.1) is 0 Å². The molecular formula is C16H18ClN3O3. The number of aliphatic hydroxyl groups is 1. The zero-order valence-electron chi connectivity index (χ0n) is 12.6. The van der Waals surface area contributed by atoms with Gasteiger partial charge in [0.2, 0.25) is 0 Å². The molecule has 1 aromatic heterocycles. The van der Waals surface area contributed by atoms with E-state index in [0.29, 0.717) is 30.3 Å². The van der Waals surface area contributed by atoms with Crippen molar-refractivity contribution in [2.45, 2.75) is 25.6 Å². The van der Waals surface area contributed by atoms with Gasteiger partial charge in [-0.25, -0.2) is 0 Å². The van der Waals surface area contributed by atoms with Gasteiger partial charge in [-0.3, -0.25) is 9.48 Å². The van der Waals surface area contributed by atoms with Crippen LogP contribution in [0, 0.1) is 0 Å². The molecule has 23 heavy (non-hydrogen) atoms. The third kappa shape index (κ3) is 3.65. The molecule has 7 heteroatoms. The van der Waals surface area contributed by atoms with Gasteiger partial charge in [-0.1, -0.05) is 17.7 Å². The van der Waals surface area contributed by atoms with E-state index in [4.69, 9.17) is 16.3 Å². The highest BCUT2D eigenvalue weighted by Crippen LogP contribution is 2.19. The summed E-state index contributed by atoms with van der Waals surface area (Å²) in [4.78, 5) is 14.2. The molecule has 3 rings (SSSR count). The second-order valence-electron chi connectivity index (χ2n) is 5.44. The van der Waals surface area contributed by atoms with Crippen molar-refractivity contribution in [3.05, 3.63) is 47.2 Å². The number of halogens is 1. The van der Waals surface area contributed by atoms with Gasteiger partial charge in [0.1, 0.15) is 5.75 Å². The van der Waals surface area contributed by atoms with E-state index in [1.54, 1.807) is 35.4 Å².